The molecule has 2 aromatic heterocycles. The van der Waals surface area contributed by atoms with Gasteiger partial charge in [-0.25, -0.2) is 4.98 Å². The van der Waals surface area contributed by atoms with Crippen LogP contribution in [0.2, 0.25) is 0 Å². The van der Waals surface area contributed by atoms with Gasteiger partial charge in [-0.3, -0.25) is 4.68 Å². The van der Waals surface area contributed by atoms with Crippen LogP contribution >= 0.6 is 0 Å². The zero-order chi connectivity index (χ0) is 11.1. The van der Waals surface area contributed by atoms with E-state index in [0.29, 0.717) is 6.04 Å². The maximum Gasteiger partial charge on any atom is 0.131 e. The number of hydrogen-bond donors (Lipinski definition) is 1. The second-order valence-electron chi connectivity index (χ2n) is 4.20. The summed E-state index contributed by atoms with van der Waals surface area (Å²) >= 11 is 0. The van der Waals surface area contributed by atoms with Crippen LogP contribution in [-0.4, -0.2) is 19.3 Å². The number of rotatable bonds is 3. The fourth-order valence-corrected chi connectivity index (χ4v) is 1.90. The van der Waals surface area contributed by atoms with E-state index in [1.54, 1.807) is 0 Å². The van der Waals surface area contributed by atoms with E-state index in [1.807, 2.05) is 23.4 Å². The van der Waals surface area contributed by atoms with Crippen molar-refractivity contribution in [3.63, 3.8) is 0 Å². The first-order valence-electron chi connectivity index (χ1n) is 5.64. The Morgan fingerprint density at radius 2 is 2.31 bits per heavy atom. The molecule has 0 spiro atoms. The fraction of sp³-hybridized carbons (Fsp3) is 0.455. The molecule has 0 amide bonds. The van der Waals surface area contributed by atoms with Crippen LogP contribution < -0.4 is 5.73 Å². The highest BCUT2D eigenvalue weighted by atomic mass is 15.3. The Kier molecular flexibility index (Phi) is 1.99. The van der Waals surface area contributed by atoms with Crippen molar-refractivity contribution in [2.75, 3.05) is 5.73 Å². The van der Waals surface area contributed by atoms with Gasteiger partial charge in [0.2, 0.25) is 0 Å². The van der Waals surface area contributed by atoms with E-state index in [2.05, 4.69) is 21.6 Å². The molecule has 1 aliphatic rings. The molecular formula is C11H15N5. The molecule has 0 aliphatic heterocycles. The average molecular weight is 217 g/mol. The summed E-state index contributed by atoms with van der Waals surface area (Å²) in [6.07, 6.45) is 8.07. The van der Waals surface area contributed by atoms with Crippen molar-refractivity contribution in [3.8, 4) is 11.3 Å². The maximum absolute atomic E-state index is 6.09. The van der Waals surface area contributed by atoms with Crippen LogP contribution in [0.1, 0.15) is 25.8 Å². The summed E-state index contributed by atoms with van der Waals surface area (Å²) < 4.78 is 3.95. The van der Waals surface area contributed by atoms with E-state index in [4.69, 9.17) is 5.73 Å². The maximum atomic E-state index is 6.09. The lowest BCUT2D eigenvalue weighted by Crippen LogP contribution is -1.99. The number of nitrogen functional groups attached to an aromatic ring is 1. The Hall–Kier alpha value is -1.78. The SMILES string of the molecule is CCn1cc(-c2ncn(C3CC3)c2N)cn1. The van der Waals surface area contributed by atoms with Gasteiger partial charge in [-0.1, -0.05) is 0 Å². The van der Waals surface area contributed by atoms with Crippen molar-refractivity contribution in [2.24, 2.45) is 0 Å². The molecule has 16 heavy (non-hydrogen) atoms. The van der Waals surface area contributed by atoms with Crippen molar-refractivity contribution in [2.45, 2.75) is 32.4 Å². The minimum atomic E-state index is 0.572. The topological polar surface area (TPSA) is 61.7 Å². The first-order chi connectivity index (χ1) is 7.79. The quantitative estimate of drug-likeness (QED) is 0.850. The number of imidazole rings is 1. The van der Waals surface area contributed by atoms with Crippen LogP contribution in [0.4, 0.5) is 5.82 Å². The van der Waals surface area contributed by atoms with Gasteiger partial charge in [-0.15, -0.1) is 0 Å². The molecule has 0 bridgehead atoms. The Labute approximate surface area is 93.9 Å². The molecule has 84 valence electrons. The lowest BCUT2D eigenvalue weighted by atomic mass is 10.2. The molecule has 0 radical (unpaired) electrons. The molecule has 2 N–H and O–H groups in total. The summed E-state index contributed by atoms with van der Waals surface area (Å²) in [5.41, 5.74) is 7.94. The molecule has 1 saturated carbocycles. The second-order valence-corrected chi connectivity index (χ2v) is 4.20. The third kappa shape index (κ3) is 1.39. The number of nitrogens with two attached hydrogens (primary N) is 1. The van der Waals surface area contributed by atoms with Crippen LogP contribution in [0.3, 0.4) is 0 Å². The van der Waals surface area contributed by atoms with Crippen molar-refractivity contribution in [3.05, 3.63) is 18.7 Å². The number of aryl methyl sites for hydroxylation is 1. The van der Waals surface area contributed by atoms with E-state index < -0.39 is 0 Å². The zero-order valence-electron chi connectivity index (χ0n) is 9.30. The van der Waals surface area contributed by atoms with E-state index >= 15 is 0 Å². The van der Waals surface area contributed by atoms with Crippen LogP contribution in [0.5, 0.6) is 0 Å². The highest BCUT2D eigenvalue weighted by Crippen LogP contribution is 2.38. The number of aromatic nitrogens is 4. The van der Waals surface area contributed by atoms with Gasteiger partial charge >= 0.3 is 0 Å². The summed E-state index contributed by atoms with van der Waals surface area (Å²) in [4.78, 5) is 4.38. The van der Waals surface area contributed by atoms with E-state index in [0.717, 1.165) is 23.6 Å². The highest BCUT2D eigenvalue weighted by Gasteiger charge is 2.26. The van der Waals surface area contributed by atoms with Crippen molar-refractivity contribution < 1.29 is 0 Å². The smallest absolute Gasteiger partial charge is 0.131 e. The van der Waals surface area contributed by atoms with Crippen molar-refractivity contribution in [1.29, 1.82) is 0 Å². The predicted molar refractivity (Wildman–Crippen MR) is 61.8 cm³/mol. The van der Waals surface area contributed by atoms with Gasteiger partial charge in [-0.05, 0) is 19.8 Å². The first-order valence-corrected chi connectivity index (χ1v) is 5.64. The summed E-state index contributed by atoms with van der Waals surface area (Å²) in [6.45, 7) is 2.92. The van der Waals surface area contributed by atoms with Gasteiger partial charge in [0.1, 0.15) is 11.5 Å². The Balaban J connectivity index is 1.99. The largest absolute Gasteiger partial charge is 0.383 e. The predicted octanol–water partition coefficient (Wildman–Crippen LogP) is 1.68. The summed E-state index contributed by atoms with van der Waals surface area (Å²) in [5.74, 6) is 0.762. The lowest BCUT2D eigenvalue weighted by molar-refractivity contribution is 0.660. The third-order valence-corrected chi connectivity index (χ3v) is 3.00. The van der Waals surface area contributed by atoms with E-state index in [1.165, 1.54) is 12.8 Å². The number of anilines is 1. The Morgan fingerprint density at radius 3 is 2.94 bits per heavy atom. The summed E-state index contributed by atoms with van der Waals surface area (Å²) in [6, 6.07) is 0.572. The summed E-state index contributed by atoms with van der Waals surface area (Å²) in [7, 11) is 0. The van der Waals surface area contributed by atoms with Gasteiger partial charge in [0.25, 0.3) is 0 Å². The van der Waals surface area contributed by atoms with Crippen LogP contribution in [0.15, 0.2) is 18.7 Å². The molecular weight excluding hydrogens is 202 g/mol. The van der Waals surface area contributed by atoms with E-state index in [9.17, 15) is 0 Å². The minimum Gasteiger partial charge on any atom is -0.383 e. The van der Waals surface area contributed by atoms with Crippen LogP contribution in [0.25, 0.3) is 11.3 Å². The van der Waals surface area contributed by atoms with Gasteiger partial charge in [0, 0.05) is 24.3 Å². The van der Waals surface area contributed by atoms with E-state index in [-0.39, 0.29) is 0 Å². The molecule has 2 heterocycles. The van der Waals surface area contributed by atoms with Gasteiger partial charge in [0.15, 0.2) is 0 Å². The lowest BCUT2D eigenvalue weighted by Gasteiger charge is -2.01. The van der Waals surface area contributed by atoms with Crippen LogP contribution in [-0.2, 0) is 6.54 Å². The first kappa shape index (κ1) is 9.45. The Bertz CT molecular complexity index is 506. The Morgan fingerprint density at radius 1 is 1.50 bits per heavy atom. The normalized spacial score (nSPS) is 15.6. The second kappa shape index (κ2) is 3.37. The molecule has 0 aromatic carbocycles. The number of hydrogen-bond acceptors (Lipinski definition) is 3. The molecule has 3 rings (SSSR count). The zero-order valence-corrected chi connectivity index (χ0v) is 9.30. The van der Waals surface area contributed by atoms with Crippen molar-refractivity contribution in [1.82, 2.24) is 19.3 Å². The molecule has 1 aliphatic carbocycles. The average Bonchev–Trinajstić information content (AvgIpc) is 2.89. The number of nitrogens with zero attached hydrogens (tertiary/aromatic N) is 4. The fourth-order valence-electron chi connectivity index (χ4n) is 1.90. The van der Waals surface area contributed by atoms with Crippen molar-refractivity contribution >= 4 is 5.82 Å². The highest BCUT2D eigenvalue weighted by molar-refractivity contribution is 5.69. The van der Waals surface area contributed by atoms with Gasteiger partial charge in [-0.2, -0.15) is 5.10 Å². The molecule has 0 atom stereocenters. The minimum absolute atomic E-state index is 0.572. The monoisotopic (exact) mass is 217 g/mol. The third-order valence-electron chi connectivity index (χ3n) is 3.00. The summed E-state index contributed by atoms with van der Waals surface area (Å²) in [5, 5.41) is 4.23. The van der Waals surface area contributed by atoms with Gasteiger partial charge < -0.3 is 10.3 Å². The molecule has 1 fully saturated rings. The molecule has 2 aromatic rings. The van der Waals surface area contributed by atoms with Crippen LogP contribution in [0, 0.1) is 0 Å². The van der Waals surface area contributed by atoms with Gasteiger partial charge in [0.05, 0.1) is 12.5 Å². The standard InChI is InChI=1S/C11H15N5/c1-2-15-6-8(5-14-15)10-11(12)16(7-13-10)9-3-4-9/h5-7,9H,2-4,12H2,1H3. The molecule has 0 unspecified atom stereocenters. The molecule has 0 saturated heterocycles. The molecule has 5 heteroatoms. The molecule has 5 nitrogen and oxygen atoms in total.